The predicted molar refractivity (Wildman–Crippen MR) is 83.4 cm³/mol. The lowest BCUT2D eigenvalue weighted by atomic mass is 10.2. The first-order valence-electron chi connectivity index (χ1n) is 7.25. The lowest BCUT2D eigenvalue weighted by Gasteiger charge is -2.22. The molecule has 0 bridgehead atoms. The summed E-state index contributed by atoms with van der Waals surface area (Å²) in [4.78, 5) is 12.0. The Bertz CT molecular complexity index is 468. The Morgan fingerprint density at radius 1 is 1.29 bits per heavy atom. The van der Waals surface area contributed by atoms with Gasteiger partial charge in [-0.1, -0.05) is 12.1 Å². The van der Waals surface area contributed by atoms with Crippen molar-refractivity contribution in [2.24, 2.45) is 0 Å². The van der Waals surface area contributed by atoms with E-state index in [0.717, 1.165) is 29.3 Å². The highest BCUT2D eigenvalue weighted by molar-refractivity contribution is 7.99. The van der Waals surface area contributed by atoms with Crippen molar-refractivity contribution in [1.29, 1.82) is 0 Å². The largest absolute Gasteiger partial charge is 0.346 e. The zero-order valence-corrected chi connectivity index (χ0v) is 12.7. The Labute approximate surface area is 128 Å². The van der Waals surface area contributed by atoms with Crippen molar-refractivity contribution in [2.45, 2.75) is 18.8 Å². The molecular weight excluding hydrogens is 288 g/mol. The number of benzene rings is 1. The molecule has 1 aromatic rings. The number of thioether (sulfide) groups is 1. The number of hydrogen-bond acceptors (Lipinski definition) is 5. The minimum absolute atomic E-state index is 0.0520. The van der Waals surface area contributed by atoms with E-state index < -0.39 is 0 Å². The van der Waals surface area contributed by atoms with Crippen molar-refractivity contribution >= 4 is 23.4 Å². The van der Waals surface area contributed by atoms with Gasteiger partial charge in [-0.15, -0.1) is 0 Å². The number of hydrogen-bond donors (Lipinski definition) is 2. The fourth-order valence-corrected chi connectivity index (χ4v) is 3.41. The summed E-state index contributed by atoms with van der Waals surface area (Å²) in [6.45, 7) is 2.25. The molecule has 0 aliphatic carbocycles. The molecule has 1 unspecified atom stereocenters. The first-order valence-corrected chi connectivity index (χ1v) is 8.41. The molecule has 0 spiro atoms. The van der Waals surface area contributed by atoms with Crippen molar-refractivity contribution in [2.75, 3.05) is 36.6 Å². The quantitative estimate of drug-likeness (QED) is 0.888. The molecule has 5 nitrogen and oxygen atoms in total. The Hall–Kier alpha value is -1.08. The van der Waals surface area contributed by atoms with E-state index in [9.17, 15) is 4.79 Å². The third-order valence-electron chi connectivity index (χ3n) is 3.52. The van der Waals surface area contributed by atoms with Gasteiger partial charge in [-0.3, -0.25) is 4.79 Å². The maximum Gasteiger partial charge on any atom is 0.225 e. The summed E-state index contributed by atoms with van der Waals surface area (Å²) in [6, 6.07) is 7.92. The second-order valence-electron chi connectivity index (χ2n) is 5.17. The molecule has 2 aliphatic heterocycles. The Balaban J connectivity index is 1.50. The van der Waals surface area contributed by atoms with E-state index in [-0.39, 0.29) is 18.2 Å². The summed E-state index contributed by atoms with van der Waals surface area (Å²) in [5.41, 5.74) is 1.79. The Morgan fingerprint density at radius 3 is 2.71 bits per heavy atom. The topological polar surface area (TPSA) is 59.6 Å². The van der Waals surface area contributed by atoms with Gasteiger partial charge in [0.2, 0.25) is 5.91 Å². The first kappa shape index (κ1) is 14.8. The molecule has 3 rings (SSSR count). The van der Waals surface area contributed by atoms with Crippen LogP contribution in [0.15, 0.2) is 24.3 Å². The number of rotatable bonds is 4. The smallest absolute Gasteiger partial charge is 0.225 e. The van der Waals surface area contributed by atoms with Gasteiger partial charge in [0.25, 0.3) is 0 Å². The van der Waals surface area contributed by atoms with Crippen LogP contribution in [0, 0.1) is 0 Å². The number of amides is 1. The van der Waals surface area contributed by atoms with Crippen LogP contribution in [0.5, 0.6) is 0 Å². The minimum atomic E-state index is -0.266. The number of anilines is 1. The van der Waals surface area contributed by atoms with Gasteiger partial charge in [-0.25, -0.2) is 0 Å². The minimum Gasteiger partial charge on any atom is -0.346 e. The lowest BCUT2D eigenvalue weighted by molar-refractivity contribution is -0.116. The highest BCUT2D eigenvalue weighted by Gasteiger charge is 2.19. The van der Waals surface area contributed by atoms with Gasteiger partial charge in [0.1, 0.15) is 0 Å². The maximum absolute atomic E-state index is 12.0. The van der Waals surface area contributed by atoms with Crippen LogP contribution < -0.4 is 10.6 Å². The van der Waals surface area contributed by atoms with Crippen LogP contribution in [0.3, 0.4) is 0 Å². The average molecular weight is 308 g/mol. The molecule has 1 aromatic carbocycles. The first-order chi connectivity index (χ1) is 10.3. The van der Waals surface area contributed by atoms with Crippen LogP contribution in [-0.2, 0) is 14.3 Å². The molecule has 114 valence electrons. The van der Waals surface area contributed by atoms with Gasteiger partial charge in [0, 0.05) is 41.8 Å². The van der Waals surface area contributed by atoms with Crippen LogP contribution >= 0.6 is 11.8 Å². The average Bonchev–Trinajstić information content (AvgIpc) is 3.03. The molecule has 2 heterocycles. The van der Waals surface area contributed by atoms with E-state index in [1.54, 1.807) is 0 Å². The van der Waals surface area contributed by atoms with Crippen molar-refractivity contribution in [3.8, 4) is 0 Å². The molecule has 0 aromatic heterocycles. The predicted octanol–water partition coefficient (Wildman–Crippen LogP) is 1.77. The van der Waals surface area contributed by atoms with Gasteiger partial charge in [-0.2, -0.15) is 11.8 Å². The summed E-state index contributed by atoms with van der Waals surface area (Å²) in [5.74, 6) is 2.18. The molecule has 0 radical (unpaired) electrons. The van der Waals surface area contributed by atoms with E-state index in [1.165, 1.54) is 0 Å². The Morgan fingerprint density at radius 2 is 2.05 bits per heavy atom. The van der Waals surface area contributed by atoms with Crippen molar-refractivity contribution in [3.63, 3.8) is 0 Å². The van der Waals surface area contributed by atoms with Crippen LogP contribution in [-0.4, -0.2) is 43.2 Å². The number of carbonyl (C=O) groups is 1. The van der Waals surface area contributed by atoms with Gasteiger partial charge in [0.15, 0.2) is 6.29 Å². The normalized spacial score (nSPS) is 23.1. The monoisotopic (exact) mass is 308 g/mol. The van der Waals surface area contributed by atoms with Crippen LogP contribution in [0.1, 0.15) is 18.3 Å². The molecule has 21 heavy (non-hydrogen) atoms. The summed E-state index contributed by atoms with van der Waals surface area (Å²) >= 11 is 1.90. The van der Waals surface area contributed by atoms with Crippen molar-refractivity contribution in [3.05, 3.63) is 29.8 Å². The third-order valence-corrected chi connectivity index (χ3v) is 4.65. The van der Waals surface area contributed by atoms with E-state index in [4.69, 9.17) is 9.47 Å². The molecule has 1 amide bonds. The summed E-state index contributed by atoms with van der Waals surface area (Å²) in [6.07, 6.45) is 0.252. The van der Waals surface area contributed by atoms with E-state index in [2.05, 4.69) is 10.6 Å². The van der Waals surface area contributed by atoms with E-state index in [0.29, 0.717) is 19.6 Å². The van der Waals surface area contributed by atoms with Gasteiger partial charge < -0.3 is 20.1 Å². The van der Waals surface area contributed by atoms with Crippen molar-refractivity contribution in [1.82, 2.24) is 5.32 Å². The molecule has 0 saturated carbocycles. The molecule has 6 heteroatoms. The third kappa shape index (κ3) is 4.20. The highest BCUT2D eigenvalue weighted by atomic mass is 32.2. The lowest BCUT2D eigenvalue weighted by Crippen LogP contribution is -2.39. The molecule has 2 saturated heterocycles. The number of nitrogens with one attached hydrogen (secondary N) is 2. The highest BCUT2D eigenvalue weighted by Crippen LogP contribution is 2.24. The fourth-order valence-electron chi connectivity index (χ4n) is 2.46. The second kappa shape index (κ2) is 7.26. The summed E-state index contributed by atoms with van der Waals surface area (Å²) < 4.78 is 10.9. The summed E-state index contributed by atoms with van der Waals surface area (Å²) in [5, 5.41) is 6.30. The standard InChI is InChI=1S/C15H20N2O3S/c18-14(9-13-10-21-8-5-16-13)17-12-3-1-11(2-4-12)15-19-6-7-20-15/h1-4,13,15-16H,5-10H2,(H,17,18). The van der Waals surface area contributed by atoms with Crippen LogP contribution in [0.25, 0.3) is 0 Å². The second-order valence-corrected chi connectivity index (χ2v) is 6.32. The van der Waals surface area contributed by atoms with Crippen LogP contribution in [0.4, 0.5) is 5.69 Å². The van der Waals surface area contributed by atoms with Gasteiger partial charge in [0.05, 0.1) is 13.2 Å². The van der Waals surface area contributed by atoms with Gasteiger partial charge in [-0.05, 0) is 12.1 Å². The molecule has 2 N–H and O–H groups in total. The Kier molecular flexibility index (Phi) is 5.13. The fraction of sp³-hybridized carbons (Fsp3) is 0.533. The van der Waals surface area contributed by atoms with Crippen molar-refractivity contribution < 1.29 is 14.3 Å². The molecule has 2 aliphatic rings. The van der Waals surface area contributed by atoms with Crippen LogP contribution in [0.2, 0.25) is 0 Å². The van der Waals surface area contributed by atoms with E-state index in [1.807, 2.05) is 36.0 Å². The summed E-state index contributed by atoms with van der Waals surface area (Å²) in [7, 11) is 0. The van der Waals surface area contributed by atoms with E-state index >= 15 is 0 Å². The zero-order chi connectivity index (χ0) is 14.5. The SMILES string of the molecule is O=C(CC1CSCCN1)Nc1ccc(C2OCCO2)cc1. The molecule has 2 fully saturated rings. The maximum atomic E-state index is 12.0. The van der Waals surface area contributed by atoms with Gasteiger partial charge >= 0.3 is 0 Å². The zero-order valence-electron chi connectivity index (χ0n) is 11.8. The number of ether oxygens (including phenoxy) is 2. The molecule has 1 atom stereocenters. The number of carbonyl (C=O) groups excluding carboxylic acids is 1. The molecular formula is C15H20N2O3S.